The Morgan fingerprint density at radius 3 is 2.58 bits per heavy atom. The molecule has 6 heteroatoms. The maximum absolute atomic E-state index is 12.9. The van der Waals surface area contributed by atoms with Gasteiger partial charge < -0.3 is 9.84 Å². The predicted octanol–water partition coefficient (Wildman–Crippen LogP) is 6.91. The first-order chi connectivity index (χ1) is 12.4. The summed E-state index contributed by atoms with van der Waals surface area (Å²) >= 11 is 1.32. The first-order valence-electron chi connectivity index (χ1n) is 8.47. The number of phenolic OH excluding ortho intramolecular Hbond substituents is 1. The van der Waals surface area contributed by atoms with Crippen molar-refractivity contribution in [3.05, 3.63) is 48.0 Å². The summed E-state index contributed by atoms with van der Waals surface area (Å²) < 4.78 is 43.8. The molecular formula is C20H19F3O2S. The molecule has 0 atom stereocenters. The van der Waals surface area contributed by atoms with Crippen LogP contribution in [0.5, 0.6) is 11.5 Å². The molecule has 0 fully saturated rings. The average molecular weight is 380 g/mol. The lowest BCUT2D eigenvalue weighted by Gasteiger charge is -2.14. The third-order valence-electron chi connectivity index (χ3n) is 4.11. The third kappa shape index (κ3) is 4.49. The van der Waals surface area contributed by atoms with Crippen molar-refractivity contribution in [2.45, 2.75) is 39.0 Å². The molecule has 1 heterocycles. The SMILES string of the molecule is CCCCCc1ccc(-c2cc3ccc(O)cc3s2)c(OC(F)(F)F)c1. The van der Waals surface area contributed by atoms with E-state index in [9.17, 15) is 18.3 Å². The Labute approximate surface area is 153 Å². The number of hydrogen-bond acceptors (Lipinski definition) is 3. The molecule has 1 N–H and O–H groups in total. The Morgan fingerprint density at radius 1 is 1.04 bits per heavy atom. The lowest BCUT2D eigenvalue weighted by Crippen LogP contribution is -2.17. The molecule has 0 unspecified atom stereocenters. The van der Waals surface area contributed by atoms with Crippen LogP contribution in [0.15, 0.2) is 42.5 Å². The molecule has 26 heavy (non-hydrogen) atoms. The molecule has 3 rings (SSSR count). The van der Waals surface area contributed by atoms with Crippen LogP contribution in [0.2, 0.25) is 0 Å². The molecule has 0 aliphatic rings. The van der Waals surface area contributed by atoms with Gasteiger partial charge in [-0.2, -0.15) is 0 Å². The summed E-state index contributed by atoms with van der Waals surface area (Å²) in [6.07, 6.45) is -0.993. The van der Waals surface area contributed by atoms with Crippen LogP contribution in [0, 0.1) is 0 Å². The number of ether oxygens (including phenoxy) is 1. The van der Waals surface area contributed by atoms with Crippen molar-refractivity contribution in [3.8, 4) is 21.9 Å². The minimum Gasteiger partial charge on any atom is -0.508 e. The monoisotopic (exact) mass is 380 g/mol. The van der Waals surface area contributed by atoms with E-state index in [1.165, 1.54) is 17.4 Å². The fourth-order valence-corrected chi connectivity index (χ4v) is 3.99. The van der Waals surface area contributed by atoms with Crippen molar-refractivity contribution < 1.29 is 23.0 Å². The quantitative estimate of drug-likeness (QED) is 0.471. The zero-order chi connectivity index (χ0) is 18.7. The van der Waals surface area contributed by atoms with Gasteiger partial charge in [-0.1, -0.05) is 25.8 Å². The largest absolute Gasteiger partial charge is 0.573 e. The van der Waals surface area contributed by atoms with Gasteiger partial charge in [0, 0.05) is 15.1 Å². The highest BCUT2D eigenvalue weighted by molar-refractivity contribution is 7.22. The first-order valence-corrected chi connectivity index (χ1v) is 9.29. The molecule has 0 spiro atoms. The van der Waals surface area contributed by atoms with E-state index in [1.54, 1.807) is 24.3 Å². The van der Waals surface area contributed by atoms with Crippen molar-refractivity contribution in [2.24, 2.45) is 0 Å². The Balaban J connectivity index is 2.00. The van der Waals surface area contributed by atoms with Crippen LogP contribution in [0.3, 0.4) is 0 Å². The van der Waals surface area contributed by atoms with Gasteiger partial charge in [0.05, 0.1) is 0 Å². The van der Waals surface area contributed by atoms with Gasteiger partial charge in [0.15, 0.2) is 0 Å². The minimum absolute atomic E-state index is 0.129. The molecule has 138 valence electrons. The van der Waals surface area contributed by atoms with Gasteiger partial charge in [-0.15, -0.1) is 24.5 Å². The molecule has 0 aliphatic heterocycles. The van der Waals surface area contributed by atoms with Crippen molar-refractivity contribution in [1.82, 2.24) is 0 Å². The molecular weight excluding hydrogens is 361 g/mol. The molecule has 3 aromatic rings. The smallest absolute Gasteiger partial charge is 0.508 e. The Kier molecular flexibility index (Phi) is 5.41. The summed E-state index contributed by atoms with van der Waals surface area (Å²) in [6.45, 7) is 2.08. The van der Waals surface area contributed by atoms with E-state index in [2.05, 4.69) is 11.7 Å². The Bertz CT molecular complexity index is 900. The van der Waals surface area contributed by atoms with Gasteiger partial charge in [-0.3, -0.25) is 0 Å². The molecule has 0 aliphatic carbocycles. The fourth-order valence-electron chi connectivity index (χ4n) is 2.87. The number of aryl methyl sites for hydroxylation is 1. The van der Waals surface area contributed by atoms with Crippen molar-refractivity contribution >= 4 is 21.4 Å². The number of alkyl halides is 3. The minimum atomic E-state index is -4.74. The second kappa shape index (κ2) is 7.58. The number of benzene rings is 2. The summed E-state index contributed by atoms with van der Waals surface area (Å²) in [7, 11) is 0. The molecule has 0 bridgehead atoms. The number of hydrogen-bond donors (Lipinski definition) is 1. The Morgan fingerprint density at radius 2 is 1.85 bits per heavy atom. The van der Waals surface area contributed by atoms with E-state index in [0.717, 1.165) is 41.3 Å². The Hall–Kier alpha value is -2.21. The lowest BCUT2D eigenvalue weighted by molar-refractivity contribution is -0.274. The highest BCUT2D eigenvalue weighted by Crippen LogP contribution is 2.41. The summed E-state index contributed by atoms with van der Waals surface area (Å²) in [4.78, 5) is 0.671. The lowest BCUT2D eigenvalue weighted by atomic mass is 10.0. The normalized spacial score (nSPS) is 11.8. The number of halogens is 3. The van der Waals surface area contributed by atoms with Gasteiger partial charge in [-0.25, -0.2) is 0 Å². The molecule has 0 radical (unpaired) electrons. The standard InChI is InChI=1S/C20H19F3O2S/c1-2-3-4-5-13-6-9-16(17(10-13)25-20(21,22)23)19-11-14-7-8-15(24)12-18(14)26-19/h6-12,24H,2-5H2,1H3. The van der Waals surface area contributed by atoms with Gasteiger partial charge in [0.25, 0.3) is 0 Å². The predicted molar refractivity (Wildman–Crippen MR) is 98.8 cm³/mol. The summed E-state index contributed by atoms with van der Waals surface area (Å²) in [5.74, 6) is -0.0498. The van der Waals surface area contributed by atoms with Crippen LogP contribution in [-0.2, 0) is 6.42 Å². The summed E-state index contributed by atoms with van der Waals surface area (Å²) in [6, 6.07) is 11.8. The maximum Gasteiger partial charge on any atom is 0.573 e. The highest BCUT2D eigenvalue weighted by Gasteiger charge is 2.32. The van der Waals surface area contributed by atoms with Gasteiger partial charge >= 0.3 is 6.36 Å². The van der Waals surface area contributed by atoms with Crippen LogP contribution in [0.25, 0.3) is 20.5 Å². The number of phenols is 1. The number of unbranched alkanes of at least 4 members (excludes halogenated alkanes) is 2. The fraction of sp³-hybridized carbons (Fsp3) is 0.300. The average Bonchev–Trinajstić information content (AvgIpc) is 2.96. The van der Waals surface area contributed by atoms with Crippen LogP contribution in [0.1, 0.15) is 31.7 Å². The van der Waals surface area contributed by atoms with E-state index in [0.29, 0.717) is 10.4 Å². The number of aromatic hydroxyl groups is 1. The van der Waals surface area contributed by atoms with Crippen LogP contribution < -0.4 is 4.74 Å². The zero-order valence-electron chi connectivity index (χ0n) is 14.3. The third-order valence-corrected chi connectivity index (χ3v) is 5.24. The topological polar surface area (TPSA) is 29.5 Å². The first kappa shape index (κ1) is 18.6. The molecule has 0 amide bonds. The van der Waals surface area contributed by atoms with E-state index in [4.69, 9.17) is 0 Å². The van der Waals surface area contributed by atoms with E-state index in [1.807, 2.05) is 12.1 Å². The molecule has 0 saturated carbocycles. The van der Waals surface area contributed by atoms with E-state index >= 15 is 0 Å². The van der Waals surface area contributed by atoms with Crippen molar-refractivity contribution in [3.63, 3.8) is 0 Å². The van der Waals surface area contributed by atoms with Crippen LogP contribution in [0.4, 0.5) is 13.2 Å². The maximum atomic E-state index is 12.9. The molecule has 2 aromatic carbocycles. The van der Waals surface area contributed by atoms with Crippen LogP contribution >= 0.6 is 11.3 Å². The van der Waals surface area contributed by atoms with Crippen LogP contribution in [-0.4, -0.2) is 11.5 Å². The second-order valence-electron chi connectivity index (χ2n) is 6.17. The molecule has 1 aromatic heterocycles. The van der Waals surface area contributed by atoms with Crippen molar-refractivity contribution in [2.75, 3.05) is 0 Å². The zero-order valence-corrected chi connectivity index (χ0v) is 15.1. The van der Waals surface area contributed by atoms with Gasteiger partial charge in [-0.05, 0) is 60.2 Å². The summed E-state index contributed by atoms with van der Waals surface area (Å²) in [5, 5.41) is 10.5. The molecule has 0 saturated heterocycles. The number of thiophene rings is 1. The van der Waals surface area contributed by atoms with E-state index in [-0.39, 0.29) is 11.5 Å². The number of fused-ring (bicyclic) bond motifs is 1. The van der Waals surface area contributed by atoms with Gasteiger partial charge in [0.2, 0.25) is 0 Å². The number of rotatable bonds is 6. The second-order valence-corrected chi connectivity index (χ2v) is 7.25. The van der Waals surface area contributed by atoms with Gasteiger partial charge in [0.1, 0.15) is 11.5 Å². The van der Waals surface area contributed by atoms with E-state index < -0.39 is 6.36 Å². The highest BCUT2D eigenvalue weighted by atomic mass is 32.1. The summed E-state index contributed by atoms with van der Waals surface area (Å²) in [5.41, 5.74) is 1.24. The molecule has 2 nitrogen and oxygen atoms in total. The van der Waals surface area contributed by atoms with Crippen molar-refractivity contribution in [1.29, 1.82) is 0 Å².